The molecule has 2 rings (SSSR count). The Morgan fingerprint density at radius 3 is 2.80 bits per heavy atom. The molecule has 3 nitrogen and oxygen atoms in total. The summed E-state index contributed by atoms with van der Waals surface area (Å²) < 4.78 is 26.6. The van der Waals surface area contributed by atoms with Crippen molar-refractivity contribution in [3.63, 3.8) is 0 Å². The van der Waals surface area contributed by atoms with Gasteiger partial charge in [0.1, 0.15) is 5.69 Å². The number of benzene rings is 1. The summed E-state index contributed by atoms with van der Waals surface area (Å²) in [5, 5.41) is 3.17. The van der Waals surface area contributed by atoms with Crippen LogP contribution in [0.25, 0.3) is 0 Å². The third-order valence-electron chi connectivity index (χ3n) is 2.58. The maximum Gasteiger partial charge on any atom is 0.272 e. The lowest BCUT2D eigenvalue weighted by atomic mass is 10.3. The third kappa shape index (κ3) is 3.58. The number of nitrogens with one attached hydrogen (secondary N) is 1. The summed E-state index contributed by atoms with van der Waals surface area (Å²) in [5.74, 6) is -0.460. The number of halogens is 4. The van der Waals surface area contributed by atoms with Crippen molar-refractivity contribution in [3.8, 4) is 0 Å². The highest BCUT2D eigenvalue weighted by Gasteiger charge is 2.15. The van der Waals surface area contributed by atoms with Crippen LogP contribution in [0.5, 0.6) is 0 Å². The van der Waals surface area contributed by atoms with Gasteiger partial charge in [0.15, 0.2) is 0 Å². The average molecular weight is 364 g/mol. The van der Waals surface area contributed by atoms with Crippen molar-refractivity contribution in [1.29, 1.82) is 0 Å². The summed E-state index contributed by atoms with van der Waals surface area (Å²) in [6.07, 6.45) is -1.07. The van der Waals surface area contributed by atoms with Crippen LogP contribution in [0, 0.1) is 0 Å². The Morgan fingerprint density at radius 1 is 1.40 bits per heavy atom. The summed E-state index contributed by atoms with van der Waals surface area (Å²) in [5.41, 5.74) is 0.691. The Labute approximate surface area is 127 Å². The quantitative estimate of drug-likeness (QED) is 0.857. The third-order valence-corrected chi connectivity index (χ3v) is 3.47. The Balaban J connectivity index is 2.18. The molecule has 1 N–H and O–H groups in total. The second kappa shape index (κ2) is 6.37. The highest BCUT2D eigenvalue weighted by Crippen LogP contribution is 2.26. The minimum Gasteiger partial charge on any atom is -0.338 e. The van der Waals surface area contributed by atoms with Gasteiger partial charge in [0.25, 0.3) is 12.3 Å². The van der Waals surface area contributed by atoms with Gasteiger partial charge in [0, 0.05) is 15.7 Å². The standard InChI is InChI=1S/C13H10BrClF2N2O/c14-9-6-8(15)3-4-10(9)18-13(20)11-2-1-5-19(11)7-12(16)17/h1-6,12H,7H2,(H,18,20). The Bertz CT molecular complexity index is 631. The topological polar surface area (TPSA) is 34.0 Å². The highest BCUT2D eigenvalue weighted by molar-refractivity contribution is 9.10. The lowest BCUT2D eigenvalue weighted by Gasteiger charge is -2.10. The Morgan fingerprint density at radius 2 is 2.15 bits per heavy atom. The molecule has 0 radical (unpaired) electrons. The van der Waals surface area contributed by atoms with Crippen molar-refractivity contribution in [1.82, 2.24) is 4.57 Å². The van der Waals surface area contributed by atoms with E-state index in [1.54, 1.807) is 24.3 Å². The zero-order valence-corrected chi connectivity index (χ0v) is 12.5. The fourth-order valence-corrected chi connectivity index (χ4v) is 2.49. The van der Waals surface area contributed by atoms with Gasteiger partial charge in [-0.3, -0.25) is 4.79 Å². The molecule has 1 amide bonds. The van der Waals surface area contributed by atoms with Crippen molar-refractivity contribution in [2.24, 2.45) is 0 Å². The molecule has 7 heteroatoms. The molecule has 1 heterocycles. The van der Waals surface area contributed by atoms with Gasteiger partial charge in [-0.15, -0.1) is 0 Å². The first-order valence-corrected chi connectivity index (χ1v) is 6.84. The largest absolute Gasteiger partial charge is 0.338 e. The molecule has 0 saturated heterocycles. The van der Waals surface area contributed by atoms with Crippen molar-refractivity contribution in [2.75, 3.05) is 5.32 Å². The number of carbonyl (C=O) groups is 1. The Kier molecular flexibility index (Phi) is 4.77. The van der Waals surface area contributed by atoms with E-state index < -0.39 is 18.9 Å². The van der Waals surface area contributed by atoms with E-state index in [0.29, 0.717) is 15.2 Å². The first-order valence-electron chi connectivity index (χ1n) is 5.67. The van der Waals surface area contributed by atoms with Crippen LogP contribution < -0.4 is 5.32 Å². The van der Waals surface area contributed by atoms with E-state index in [9.17, 15) is 13.6 Å². The SMILES string of the molecule is O=C(Nc1ccc(Cl)cc1Br)c1cccn1CC(F)F. The maximum atomic E-state index is 12.4. The predicted molar refractivity (Wildman–Crippen MR) is 77.5 cm³/mol. The molecule has 20 heavy (non-hydrogen) atoms. The van der Waals surface area contributed by atoms with E-state index in [1.165, 1.54) is 16.8 Å². The molecule has 0 aliphatic heterocycles. The minimum absolute atomic E-state index is 0.173. The molecule has 0 saturated carbocycles. The molecule has 0 unspecified atom stereocenters. The first kappa shape index (κ1) is 15.0. The number of aromatic nitrogens is 1. The molecule has 0 bridgehead atoms. The number of hydrogen-bond acceptors (Lipinski definition) is 1. The van der Waals surface area contributed by atoms with Crippen LogP contribution >= 0.6 is 27.5 Å². The summed E-state index contributed by atoms with van der Waals surface area (Å²) in [6.45, 7) is -0.516. The van der Waals surface area contributed by atoms with Gasteiger partial charge >= 0.3 is 0 Å². The second-order valence-electron chi connectivity index (χ2n) is 4.02. The minimum atomic E-state index is -2.52. The number of rotatable bonds is 4. The molecule has 1 aromatic carbocycles. The molecular weight excluding hydrogens is 354 g/mol. The smallest absolute Gasteiger partial charge is 0.272 e. The number of amides is 1. The van der Waals surface area contributed by atoms with Crippen LogP contribution in [0.4, 0.5) is 14.5 Å². The van der Waals surface area contributed by atoms with E-state index in [0.717, 1.165) is 0 Å². The number of alkyl halides is 2. The van der Waals surface area contributed by atoms with E-state index in [1.807, 2.05) is 0 Å². The zero-order chi connectivity index (χ0) is 14.7. The molecule has 0 aliphatic carbocycles. The Hall–Kier alpha value is -1.40. The highest BCUT2D eigenvalue weighted by atomic mass is 79.9. The molecule has 0 atom stereocenters. The van der Waals surface area contributed by atoms with Crippen LogP contribution in [0.2, 0.25) is 5.02 Å². The van der Waals surface area contributed by atoms with Gasteiger partial charge in [-0.2, -0.15) is 0 Å². The molecule has 106 valence electrons. The number of nitrogens with zero attached hydrogens (tertiary/aromatic N) is 1. The first-order chi connectivity index (χ1) is 9.47. The second-order valence-corrected chi connectivity index (χ2v) is 5.31. The molecule has 0 fully saturated rings. The van der Waals surface area contributed by atoms with Crippen LogP contribution in [0.15, 0.2) is 41.0 Å². The predicted octanol–water partition coefficient (Wildman–Crippen LogP) is 4.42. The van der Waals surface area contributed by atoms with Crippen LogP contribution in [0.1, 0.15) is 10.5 Å². The summed E-state index contributed by atoms with van der Waals surface area (Å²) >= 11 is 9.08. The number of hydrogen-bond donors (Lipinski definition) is 1. The molecule has 0 aliphatic rings. The van der Waals surface area contributed by atoms with Crippen molar-refractivity contribution < 1.29 is 13.6 Å². The lowest BCUT2D eigenvalue weighted by Crippen LogP contribution is -2.19. The van der Waals surface area contributed by atoms with Crippen molar-refractivity contribution in [3.05, 3.63) is 51.7 Å². The van der Waals surface area contributed by atoms with Gasteiger partial charge in [0.05, 0.1) is 12.2 Å². The van der Waals surface area contributed by atoms with Gasteiger partial charge in [-0.1, -0.05) is 11.6 Å². The monoisotopic (exact) mass is 362 g/mol. The van der Waals surface area contributed by atoms with Crippen LogP contribution in [0.3, 0.4) is 0 Å². The summed E-state index contributed by atoms with van der Waals surface area (Å²) in [6, 6.07) is 7.93. The summed E-state index contributed by atoms with van der Waals surface area (Å²) in [4.78, 5) is 12.1. The van der Waals surface area contributed by atoms with E-state index >= 15 is 0 Å². The van der Waals surface area contributed by atoms with Gasteiger partial charge in [0.2, 0.25) is 0 Å². The molecule has 1 aromatic heterocycles. The van der Waals surface area contributed by atoms with Gasteiger partial charge in [-0.05, 0) is 46.3 Å². The number of carbonyl (C=O) groups excluding carboxylic acids is 1. The average Bonchev–Trinajstić information content (AvgIpc) is 2.80. The number of anilines is 1. The van der Waals surface area contributed by atoms with Gasteiger partial charge < -0.3 is 9.88 Å². The molecule has 0 spiro atoms. The van der Waals surface area contributed by atoms with E-state index in [-0.39, 0.29) is 5.69 Å². The lowest BCUT2D eigenvalue weighted by molar-refractivity contribution is 0.0997. The maximum absolute atomic E-state index is 12.4. The fraction of sp³-hybridized carbons (Fsp3) is 0.154. The normalized spacial score (nSPS) is 10.8. The van der Waals surface area contributed by atoms with Crippen molar-refractivity contribution >= 4 is 39.1 Å². The fourth-order valence-electron chi connectivity index (χ4n) is 1.71. The van der Waals surface area contributed by atoms with Crippen molar-refractivity contribution in [2.45, 2.75) is 13.0 Å². The van der Waals surface area contributed by atoms with Crippen LogP contribution in [-0.2, 0) is 6.54 Å². The summed E-state index contributed by atoms with van der Waals surface area (Å²) in [7, 11) is 0. The molecule has 2 aromatic rings. The zero-order valence-electron chi connectivity index (χ0n) is 10.1. The van der Waals surface area contributed by atoms with E-state index in [4.69, 9.17) is 11.6 Å². The molecular formula is C13H10BrClF2N2O. The van der Waals surface area contributed by atoms with Crippen LogP contribution in [-0.4, -0.2) is 16.9 Å². The van der Waals surface area contributed by atoms with E-state index in [2.05, 4.69) is 21.2 Å². The van der Waals surface area contributed by atoms with Gasteiger partial charge in [-0.25, -0.2) is 8.78 Å².